The lowest BCUT2D eigenvalue weighted by Crippen LogP contribution is -2.15. The topological polar surface area (TPSA) is 12.0 Å². The molecule has 1 rings (SSSR count). The predicted molar refractivity (Wildman–Crippen MR) is 61.1 cm³/mol. The fourth-order valence-electron chi connectivity index (χ4n) is 1.58. The zero-order valence-electron chi connectivity index (χ0n) is 8.88. The molecule has 0 bridgehead atoms. The second kappa shape index (κ2) is 5.47. The molecule has 0 fully saturated rings. The van der Waals surface area contributed by atoms with E-state index in [4.69, 9.17) is 6.42 Å². The summed E-state index contributed by atoms with van der Waals surface area (Å²) < 4.78 is 0. The van der Waals surface area contributed by atoms with Gasteiger partial charge in [0.25, 0.3) is 0 Å². The highest BCUT2D eigenvalue weighted by Gasteiger charge is 2.06. The number of hydrogen-bond donors (Lipinski definition) is 1. The molecule has 0 amide bonds. The predicted octanol–water partition coefficient (Wildman–Crippen LogP) is 2.73. The summed E-state index contributed by atoms with van der Waals surface area (Å²) in [5, 5.41) is 3.31. The maximum atomic E-state index is 5.30. The summed E-state index contributed by atoms with van der Waals surface area (Å²) in [5.74, 6) is 2.62. The Morgan fingerprint density at radius 1 is 1.36 bits per heavy atom. The van der Waals surface area contributed by atoms with Crippen molar-refractivity contribution < 1.29 is 0 Å². The van der Waals surface area contributed by atoms with Crippen molar-refractivity contribution in [3.05, 3.63) is 35.4 Å². The molecule has 1 atom stereocenters. The van der Waals surface area contributed by atoms with E-state index in [1.54, 1.807) is 0 Å². The minimum atomic E-state index is 0.451. The van der Waals surface area contributed by atoms with E-state index in [-0.39, 0.29) is 0 Å². The smallest absolute Gasteiger partial charge is 0.0317 e. The van der Waals surface area contributed by atoms with Gasteiger partial charge in [-0.15, -0.1) is 6.42 Å². The second-order valence-electron chi connectivity index (χ2n) is 3.40. The largest absolute Gasteiger partial charge is 0.313 e. The van der Waals surface area contributed by atoms with Crippen molar-refractivity contribution in [1.29, 1.82) is 0 Å². The Labute approximate surface area is 86.5 Å². The van der Waals surface area contributed by atoms with E-state index in [9.17, 15) is 0 Å². The number of benzene rings is 1. The molecule has 0 saturated carbocycles. The SMILES string of the molecule is C#Cc1ccc(C(CCC)NC)cc1. The first-order valence-electron chi connectivity index (χ1n) is 5.05. The average Bonchev–Trinajstić information content (AvgIpc) is 2.26. The van der Waals surface area contributed by atoms with Crippen LogP contribution in [0.1, 0.15) is 36.9 Å². The van der Waals surface area contributed by atoms with E-state index in [1.807, 2.05) is 19.2 Å². The Bertz CT molecular complexity index is 305. The molecule has 1 nitrogen and oxygen atoms in total. The van der Waals surface area contributed by atoms with Crippen molar-refractivity contribution in [3.8, 4) is 12.3 Å². The van der Waals surface area contributed by atoms with Crippen LogP contribution in [-0.4, -0.2) is 7.05 Å². The Hall–Kier alpha value is -1.26. The van der Waals surface area contributed by atoms with E-state index in [1.165, 1.54) is 12.0 Å². The second-order valence-corrected chi connectivity index (χ2v) is 3.40. The van der Waals surface area contributed by atoms with Crippen LogP contribution in [0, 0.1) is 12.3 Å². The van der Waals surface area contributed by atoms with Gasteiger partial charge in [0, 0.05) is 11.6 Å². The molecule has 74 valence electrons. The van der Waals surface area contributed by atoms with Crippen LogP contribution in [0.3, 0.4) is 0 Å². The maximum absolute atomic E-state index is 5.30. The molecule has 0 aromatic heterocycles. The lowest BCUT2D eigenvalue weighted by atomic mass is 10.0. The minimum absolute atomic E-state index is 0.451. The average molecular weight is 187 g/mol. The molecule has 1 heteroatoms. The zero-order chi connectivity index (χ0) is 10.4. The Morgan fingerprint density at radius 3 is 2.43 bits per heavy atom. The molecule has 0 aliphatic rings. The molecule has 1 N–H and O–H groups in total. The quantitative estimate of drug-likeness (QED) is 0.715. The van der Waals surface area contributed by atoms with Crippen LogP contribution in [-0.2, 0) is 0 Å². The van der Waals surface area contributed by atoms with Gasteiger partial charge in [0.15, 0.2) is 0 Å². The molecule has 14 heavy (non-hydrogen) atoms. The van der Waals surface area contributed by atoms with Gasteiger partial charge in [-0.25, -0.2) is 0 Å². The van der Waals surface area contributed by atoms with Gasteiger partial charge < -0.3 is 5.32 Å². The van der Waals surface area contributed by atoms with Gasteiger partial charge in [0.2, 0.25) is 0 Å². The van der Waals surface area contributed by atoms with Crippen LogP contribution in [0.4, 0.5) is 0 Å². The first-order chi connectivity index (χ1) is 6.81. The van der Waals surface area contributed by atoms with Gasteiger partial charge in [0.05, 0.1) is 0 Å². The summed E-state index contributed by atoms with van der Waals surface area (Å²) in [4.78, 5) is 0. The molecule has 1 unspecified atom stereocenters. The lowest BCUT2D eigenvalue weighted by molar-refractivity contribution is 0.541. The number of nitrogens with one attached hydrogen (secondary N) is 1. The van der Waals surface area contributed by atoms with E-state index in [0.717, 1.165) is 12.0 Å². The molecule has 1 aromatic rings. The lowest BCUT2D eigenvalue weighted by Gasteiger charge is -2.15. The fourth-order valence-corrected chi connectivity index (χ4v) is 1.58. The van der Waals surface area contributed by atoms with Crippen LogP contribution in [0.15, 0.2) is 24.3 Å². The fraction of sp³-hybridized carbons (Fsp3) is 0.385. The number of terminal acetylenes is 1. The van der Waals surface area contributed by atoms with Crippen molar-refractivity contribution in [2.24, 2.45) is 0 Å². The van der Waals surface area contributed by atoms with Gasteiger partial charge >= 0.3 is 0 Å². The Balaban J connectivity index is 2.79. The highest BCUT2D eigenvalue weighted by molar-refractivity contribution is 5.35. The van der Waals surface area contributed by atoms with Crippen LogP contribution < -0.4 is 5.32 Å². The van der Waals surface area contributed by atoms with Crippen molar-refractivity contribution in [2.45, 2.75) is 25.8 Å². The van der Waals surface area contributed by atoms with Gasteiger partial charge in [-0.3, -0.25) is 0 Å². The van der Waals surface area contributed by atoms with Gasteiger partial charge in [-0.1, -0.05) is 31.4 Å². The van der Waals surface area contributed by atoms with Gasteiger partial charge in [-0.2, -0.15) is 0 Å². The molecular weight excluding hydrogens is 170 g/mol. The third-order valence-electron chi connectivity index (χ3n) is 2.41. The standard InChI is InChI=1S/C13H17N/c1-4-6-13(14-3)12-9-7-11(5-2)8-10-12/h2,7-10,13-14H,4,6H2,1,3H3. The summed E-state index contributed by atoms with van der Waals surface area (Å²) >= 11 is 0. The van der Waals surface area contributed by atoms with Crippen LogP contribution in [0.2, 0.25) is 0 Å². The minimum Gasteiger partial charge on any atom is -0.313 e. The van der Waals surface area contributed by atoms with Crippen molar-refractivity contribution in [2.75, 3.05) is 7.05 Å². The Kier molecular flexibility index (Phi) is 4.22. The van der Waals surface area contributed by atoms with E-state index < -0.39 is 0 Å². The highest BCUT2D eigenvalue weighted by atomic mass is 14.9. The van der Waals surface area contributed by atoms with Crippen LogP contribution in [0.25, 0.3) is 0 Å². The first kappa shape index (κ1) is 10.8. The van der Waals surface area contributed by atoms with E-state index in [0.29, 0.717) is 6.04 Å². The number of rotatable bonds is 4. The molecule has 1 aromatic carbocycles. The molecule has 0 radical (unpaired) electrons. The summed E-state index contributed by atoms with van der Waals surface area (Å²) in [5.41, 5.74) is 2.26. The molecule has 0 heterocycles. The molecule has 0 spiro atoms. The summed E-state index contributed by atoms with van der Waals surface area (Å²) in [6.45, 7) is 2.19. The van der Waals surface area contributed by atoms with Crippen molar-refractivity contribution in [3.63, 3.8) is 0 Å². The van der Waals surface area contributed by atoms with Gasteiger partial charge in [-0.05, 0) is 31.2 Å². The third kappa shape index (κ3) is 2.61. The summed E-state index contributed by atoms with van der Waals surface area (Å²) in [6.07, 6.45) is 7.64. The maximum Gasteiger partial charge on any atom is 0.0317 e. The summed E-state index contributed by atoms with van der Waals surface area (Å²) in [7, 11) is 2.00. The Morgan fingerprint density at radius 2 is 2.00 bits per heavy atom. The summed E-state index contributed by atoms with van der Waals surface area (Å²) in [6, 6.07) is 8.65. The van der Waals surface area contributed by atoms with Gasteiger partial charge in [0.1, 0.15) is 0 Å². The van der Waals surface area contributed by atoms with E-state index >= 15 is 0 Å². The van der Waals surface area contributed by atoms with E-state index in [2.05, 4.69) is 30.3 Å². The van der Waals surface area contributed by atoms with Crippen LogP contribution in [0.5, 0.6) is 0 Å². The number of hydrogen-bond acceptors (Lipinski definition) is 1. The molecule has 0 aliphatic carbocycles. The highest BCUT2D eigenvalue weighted by Crippen LogP contribution is 2.18. The zero-order valence-corrected chi connectivity index (χ0v) is 8.88. The molecular formula is C13H17N. The normalized spacial score (nSPS) is 12.1. The molecule has 0 saturated heterocycles. The monoisotopic (exact) mass is 187 g/mol. The molecule has 0 aliphatic heterocycles. The van der Waals surface area contributed by atoms with Crippen LogP contribution >= 0.6 is 0 Å². The third-order valence-corrected chi connectivity index (χ3v) is 2.41. The van der Waals surface area contributed by atoms with Crippen molar-refractivity contribution >= 4 is 0 Å². The van der Waals surface area contributed by atoms with Crippen molar-refractivity contribution in [1.82, 2.24) is 5.32 Å². The first-order valence-corrected chi connectivity index (χ1v) is 5.05.